The zero-order valence-corrected chi connectivity index (χ0v) is 9.80. The van der Waals surface area contributed by atoms with Gasteiger partial charge in [0.25, 0.3) is 0 Å². The smallest absolute Gasteiger partial charge is 0.222 e. The Kier molecular flexibility index (Phi) is 7.48. The Hall–Kier alpha value is -0.570. The minimum Gasteiger partial charge on any atom is -0.377 e. The molecule has 0 saturated heterocycles. The highest BCUT2D eigenvalue weighted by Gasteiger charge is 2.05. The Morgan fingerprint density at radius 3 is 2.50 bits per heavy atom. The van der Waals surface area contributed by atoms with Crippen molar-refractivity contribution in [2.24, 2.45) is 5.92 Å². The molecular formula is C11H23NO2. The van der Waals surface area contributed by atoms with E-state index in [0.29, 0.717) is 19.3 Å². The molecule has 0 aromatic carbocycles. The highest BCUT2D eigenvalue weighted by Crippen LogP contribution is 1.99. The normalized spacial score (nSPS) is 12.9. The lowest BCUT2D eigenvalue weighted by Gasteiger charge is -2.12. The van der Waals surface area contributed by atoms with E-state index in [1.54, 1.807) is 0 Å². The summed E-state index contributed by atoms with van der Waals surface area (Å²) in [7, 11) is 0. The van der Waals surface area contributed by atoms with Crippen molar-refractivity contribution in [2.45, 2.75) is 46.6 Å². The molecule has 1 unspecified atom stereocenters. The number of nitrogens with one attached hydrogen (secondary N) is 1. The third kappa shape index (κ3) is 6.89. The van der Waals surface area contributed by atoms with E-state index in [0.717, 1.165) is 12.8 Å². The van der Waals surface area contributed by atoms with Gasteiger partial charge in [0.1, 0.15) is 0 Å². The van der Waals surface area contributed by atoms with Crippen molar-refractivity contribution in [1.29, 1.82) is 0 Å². The number of amides is 1. The lowest BCUT2D eigenvalue weighted by Crippen LogP contribution is -2.31. The van der Waals surface area contributed by atoms with Crippen molar-refractivity contribution in [3.05, 3.63) is 0 Å². The fourth-order valence-electron chi connectivity index (χ4n) is 1.13. The van der Waals surface area contributed by atoms with Crippen LogP contribution in [0.2, 0.25) is 0 Å². The van der Waals surface area contributed by atoms with Crippen LogP contribution in [0.25, 0.3) is 0 Å². The summed E-state index contributed by atoms with van der Waals surface area (Å²) in [6, 6.07) is 0. The molecule has 0 aliphatic heterocycles. The molecule has 0 radical (unpaired) electrons. The molecule has 0 fully saturated rings. The molecule has 0 bridgehead atoms. The van der Waals surface area contributed by atoms with Crippen LogP contribution in [0, 0.1) is 5.92 Å². The Labute approximate surface area is 87.2 Å². The van der Waals surface area contributed by atoms with E-state index in [1.807, 2.05) is 13.8 Å². The van der Waals surface area contributed by atoms with Crippen LogP contribution in [0.1, 0.15) is 40.5 Å². The van der Waals surface area contributed by atoms with Gasteiger partial charge in [0, 0.05) is 12.5 Å². The summed E-state index contributed by atoms with van der Waals surface area (Å²) in [4.78, 5) is 11.1. The summed E-state index contributed by atoms with van der Waals surface area (Å²) in [5, 5.41) is 2.82. The zero-order chi connectivity index (χ0) is 11.0. The lowest BCUT2D eigenvalue weighted by atomic mass is 10.2. The molecule has 0 rings (SSSR count). The van der Waals surface area contributed by atoms with E-state index >= 15 is 0 Å². The number of carbonyl (C=O) groups is 1. The molecule has 0 aliphatic carbocycles. The first-order valence-electron chi connectivity index (χ1n) is 5.47. The summed E-state index contributed by atoms with van der Waals surface area (Å²) < 4.78 is 5.50. The van der Waals surface area contributed by atoms with Crippen LogP contribution in [0.4, 0.5) is 0 Å². The van der Waals surface area contributed by atoms with Gasteiger partial charge in [-0.3, -0.25) is 4.79 Å². The van der Waals surface area contributed by atoms with E-state index in [2.05, 4.69) is 19.2 Å². The Bertz CT molecular complexity index is 157. The summed E-state index contributed by atoms with van der Waals surface area (Å²) in [5.74, 6) is 0.153. The minimum absolute atomic E-state index is 0.0584. The lowest BCUT2D eigenvalue weighted by molar-refractivity contribution is -0.124. The number of rotatable bonds is 7. The molecule has 0 saturated carbocycles. The summed E-state index contributed by atoms with van der Waals surface area (Å²) in [5.41, 5.74) is 0. The second-order valence-electron chi connectivity index (χ2n) is 3.92. The maximum atomic E-state index is 11.1. The van der Waals surface area contributed by atoms with E-state index in [4.69, 9.17) is 4.74 Å². The first kappa shape index (κ1) is 13.4. The van der Waals surface area contributed by atoms with E-state index in [9.17, 15) is 4.79 Å². The van der Waals surface area contributed by atoms with E-state index < -0.39 is 0 Å². The van der Waals surface area contributed by atoms with Crippen molar-refractivity contribution < 1.29 is 9.53 Å². The molecule has 1 amide bonds. The highest BCUT2D eigenvalue weighted by atomic mass is 16.5. The van der Waals surface area contributed by atoms with Gasteiger partial charge >= 0.3 is 0 Å². The van der Waals surface area contributed by atoms with Crippen molar-refractivity contribution in [1.82, 2.24) is 5.32 Å². The largest absolute Gasteiger partial charge is 0.377 e. The molecular weight excluding hydrogens is 178 g/mol. The topological polar surface area (TPSA) is 38.3 Å². The molecule has 1 N–H and O–H groups in total. The van der Waals surface area contributed by atoms with Crippen molar-refractivity contribution >= 4 is 5.91 Å². The van der Waals surface area contributed by atoms with Crippen molar-refractivity contribution in [2.75, 3.05) is 13.2 Å². The van der Waals surface area contributed by atoms with Gasteiger partial charge in [-0.1, -0.05) is 27.2 Å². The average Bonchev–Trinajstić information content (AvgIpc) is 2.12. The molecule has 84 valence electrons. The second-order valence-corrected chi connectivity index (χ2v) is 3.92. The zero-order valence-electron chi connectivity index (χ0n) is 9.80. The van der Waals surface area contributed by atoms with Crippen LogP contribution in [0.5, 0.6) is 0 Å². The molecule has 1 atom stereocenters. The quantitative estimate of drug-likeness (QED) is 0.639. The third-order valence-electron chi connectivity index (χ3n) is 2.02. The molecule has 0 spiro atoms. The Morgan fingerprint density at radius 2 is 2.00 bits per heavy atom. The third-order valence-corrected chi connectivity index (χ3v) is 2.02. The van der Waals surface area contributed by atoms with Crippen LogP contribution >= 0.6 is 0 Å². The van der Waals surface area contributed by atoms with Gasteiger partial charge < -0.3 is 10.1 Å². The SMILES string of the molecule is CCCC(C)OCCNC(=O)C(C)C. The number of hydrogen-bond acceptors (Lipinski definition) is 2. The fourth-order valence-corrected chi connectivity index (χ4v) is 1.13. The van der Waals surface area contributed by atoms with E-state index in [1.165, 1.54) is 0 Å². The van der Waals surface area contributed by atoms with Gasteiger partial charge in [-0.2, -0.15) is 0 Å². The maximum absolute atomic E-state index is 11.1. The van der Waals surface area contributed by atoms with Crippen molar-refractivity contribution in [3.63, 3.8) is 0 Å². The van der Waals surface area contributed by atoms with Crippen LogP contribution in [0.15, 0.2) is 0 Å². The molecule has 3 nitrogen and oxygen atoms in total. The first-order chi connectivity index (χ1) is 6.57. The highest BCUT2D eigenvalue weighted by molar-refractivity contribution is 5.77. The van der Waals surface area contributed by atoms with Gasteiger partial charge in [-0.15, -0.1) is 0 Å². The van der Waals surface area contributed by atoms with Gasteiger partial charge in [-0.05, 0) is 13.3 Å². The summed E-state index contributed by atoms with van der Waals surface area (Å²) >= 11 is 0. The standard InChI is InChI=1S/C11H23NO2/c1-5-6-10(4)14-8-7-12-11(13)9(2)3/h9-10H,5-8H2,1-4H3,(H,12,13). The van der Waals surface area contributed by atoms with Crippen LogP contribution in [0.3, 0.4) is 0 Å². The predicted molar refractivity (Wildman–Crippen MR) is 58.2 cm³/mol. The Morgan fingerprint density at radius 1 is 1.36 bits per heavy atom. The van der Waals surface area contributed by atoms with Gasteiger partial charge in [0.05, 0.1) is 12.7 Å². The van der Waals surface area contributed by atoms with Crippen LogP contribution < -0.4 is 5.32 Å². The molecule has 0 aliphatic rings. The summed E-state index contributed by atoms with van der Waals surface area (Å²) in [6.07, 6.45) is 2.52. The van der Waals surface area contributed by atoms with Crippen LogP contribution in [-0.2, 0) is 9.53 Å². The number of carbonyl (C=O) groups excluding carboxylic acids is 1. The van der Waals surface area contributed by atoms with Crippen molar-refractivity contribution in [3.8, 4) is 0 Å². The maximum Gasteiger partial charge on any atom is 0.222 e. The predicted octanol–water partition coefficient (Wildman–Crippen LogP) is 1.96. The molecule has 0 aromatic rings. The molecule has 0 heterocycles. The van der Waals surface area contributed by atoms with Gasteiger partial charge in [0.15, 0.2) is 0 Å². The van der Waals surface area contributed by atoms with E-state index in [-0.39, 0.29) is 11.8 Å². The number of ether oxygens (including phenoxy) is 1. The van der Waals surface area contributed by atoms with Crippen LogP contribution in [-0.4, -0.2) is 25.2 Å². The Balaban J connectivity index is 3.33. The summed E-state index contributed by atoms with van der Waals surface area (Å²) in [6.45, 7) is 9.20. The average molecular weight is 201 g/mol. The molecule has 14 heavy (non-hydrogen) atoms. The first-order valence-corrected chi connectivity index (χ1v) is 5.47. The molecule has 3 heteroatoms. The minimum atomic E-state index is 0.0584. The van der Waals surface area contributed by atoms with Gasteiger partial charge in [0.2, 0.25) is 5.91 Å². The number of hydrogen-bond donors (Lipinski definition) is 1. The monoisotopic (exact) mass is 201 g/mol. The molecule has 0 aromatic heterocycles. The second kappa shape index (κ2) is 7.80. The van der Waals surface area contributed by atoms with Gasteiger partial charge in [-0.25, -0.2) is 0 Å². The fraction of sp³-hybridized carbons (Fsp3) is 0.909.